The number of ether oxygens (including phenoxy) is 1. The average molecular weight is 219 g/mol. The highest BCUT2D eigenvalue weighted by atomic mass is 19.1. The van der Waals surface area contributed by atoms with Gasteiger partial charge >= 0.3 is 0 Å². The summed E-state index contributed by atoms with van der Waals surface area (Å²) in [7, 11) is 0. The summed E-state index contributed by atoms with van der Waals surface area (Å²) in [5.41, 5.74) is 5.25. The van der Waals surface area contributed by atoms with E-state index in [1.54, 1.807) is 6.92 Å². The zero-order valence-corrected chi connectivity index (χ0v) is 9.90. The third-order valence-electron chi connectivity index (χ3n) is 3.11. The van der Waals surface area contributed by atoms with E-state index in [0.29, 0.717) is 0 Å². The summed E-state index contributed by atoms with van der Waals surface area (Å²) in [5, 5.41) is 9.95. The molecule has 0 saturated carbocycles. The van der Waals surface area contributed by atoms with Gasteiger partial charge in [0.15, 0.2) is 0 Å². The summed E-state index contributed by atoms with van der Waals surface area (Å²) in [6.45, 7) is 7.78. The monoisotopic (exact) mass is 219 g/mol. The standard InChI is InChI=1S/C11H22FNO2/c1-6-8(12)7(5-13)15-10(9(6)14)11(2,3)4/h6-10,14H,5,13H2,1-4H3. The lowest BCUT2D eigenvalue weighted by Crippen LogP contribution is -2.57. The number of rotatable bonds is 1. The second-order valence-electron chi connectivity index (χ2n) is 5.49. The summed E-state index contributed by atoms with van der Waals surface area (Å²) < 4.78 is 19.2. The molecule has 1 fully saturated rings. The van der Waals surface area contributed by atoms with Crippen LogP contribution in [0.15, 0.2) is 0 Å². The van der Waals surface area contributed by atoms with Crippen LogP contribution >= 0.6 is 0 Å². The van der Waals surface area contributed by atoms with Crippen LogP contribution in [0.5, 0.6) is 0 Å². The van der Waals surface area contributed by atoms with Crippen LogP contribution in [0, 0.1) is 11.3 Å². The van der Waals surface area contributed by atoms with Crippen molar-refractivity contribution in [1.82, 2.24) is 0 Å². The summed E-state index contributed by atoms with van der Waals surface area (Å²) in [6, 6.07) is 0. The topological polar surface area (TPSA) is 55.5 Å². The van der Waals surface area contributed by atoms with E-state index in [1.165, 1.54) is 0 Å². The van der Waals surface area contributed by atoms with E-state index in [4.69, 9.17) is 10.5 Å². The predicted octanol–water partition coefficient (Wildman–Crippen LogP) is 1.09. The van der Waals surface area contributed by atoms with E-state index in [-0.39, 0.29) is 18.1 Å². The fourth-order valence-electron chi connectivity index (χ4n) is 2.05. The molecule has 1 saturated heterocycles. The third-order valence-corrected chi connectivity index (χ3v) is 3.11. The molecule has 5 unspecified atom stereocenters. The average Bonchev–Trinajstić information content (AvgIpc) is 2.13. The van der Waals surface area contributed by atoms with E-state index >= 15 is 0 Å². The predicted molar refractivity (Wildman–Crippen MR) is 57.2 cm³/mol. The first kappa shape index (κ1) is 12.9. The molecule has 0 aromatic carbocycles. The van der Waals surface area contributed by atoms with Crippen LogP contribution in [0.1, 0.15) is 27.7 Å². The van der Waals surface area contributed by atoms with Gasteiger partial charge in [0, 0.05) is 12.5 Å². The Bertz CT molecular complexity index is 215. The molecule has 15 heavy (non-hydrogen) atoms. The lowest BCUT2D eigenvalue weighted by Gasteiger charge is -2.45. The first-order valence-corrected chi connectivity index (χ1v) is 5.46. The molecule has 0 aromatic heterocycles. The Morgan fingerprint density at radius 3 is 2.33 bits per heavy atom. The highest BCUT2D eigenvalue weighted by Gasteiger charge is 2.46. The van der Waals surface area contributed by atoms with Crippen LogP contribution in [0.25, 0.3) is 0 Å². The molecular formula is C11H22FNO2. The zero-order chi connectivity index (χ0) is 11.8. The van der Waals surface area contributed by atoms with Gasteiger partial charge in [-0.15, -0.1) is 0 Å². The van der Waals surface area contributed by atoms with Crippen molar-refractivity contribution in [3.05, 3.63) is 0 Å². The number of halogens is 1. The maximum atomic E-state index is 13.7. The Kier molecular flexibility index (Phi) is 3.74. The molecule has 0 bridgehead atoms. The largest absolute Gasteiger partial charge is 0.390 e. The molecule has 1 aliphatic rings. The van der Waals surface area contributed by atoms with Crippen molar-refractivity contribution in [1.29, 1.82) is 0 Å². The molecular weight excluding hydrogens is 197 g/mol. The van der Waals surface area contributed by atoms with Crippen molar-refractivity contribution in [2.45, 2.75) is 52.2 Å². The van der Waals surface area contributed by atoms with Gasteiger partial charge < -0.3 is 15.6 Å². The fourth-order valence-corrected chi connectivity index (χ4v) is 2.05. The lowest BCUT2D eigenvalue weighted by atomic mass is 9.77. The van der Waals surface area contributed by atoms with Gasteiger partial charge in [0.25, 0.3) is 0 Å². The smallest absolute Gasteiger partial charge is 0.132 e. The molecule has 1 aliphatic heterocycles. The normalized spacial score (nSPS) is 43.0. The quantitative estimate of drug-likeness (QED) is 0.694. The number of aliphatic hydroxyl groups is 1. The first-order valence-electron chi connectivity index (χ1n) is 5.46. The summed E-state index contributed by atoms with van der Waals surface area (Å²) in [6.07, 6.45) is -2.88. The van der Waals surface area contributed by atoms with Gasteiger partial charge in [0.05, 0.1) is 12.2 Å². The number of alkyl halides is 1. The molecule has 0 amide bonds. The minimum Gasteiger partial charge on any atom is -0.390 e. The Morgan fingerprint density at radius 1 is 1.40 bits per heavy atom. The third kappa shape index (κ3) is 2.49. The molecule has 3 N–H and O–H groups in total. The van der Waals surface area contributed by atoms with Gasteiger partial charge in [-0.25, -0.2) is 4.39 Å². The van der Waals surface area contributed by atoms with E-state index in [9.17, 15) is 9.50 Å². The van der Waals surface area contributed by atoms with Crippen molar-refractivity contribution in [3.8, 4) is 0 Å². The number of nitrogens with two attached hydrogens (primary N) is 1. The lowest BCUT2D eigenvalue weighted by molar-refractivity contribution is -0.203. The maximum absolute atomic E-state index is 13.7. The zero-order valence-electron chi connectivity index (χ0n) is 9.90. The minimum atomic E-state index is -1.18. The maximum Gasteiger partial charge on any atom is 0.132 e. The number of hydrogen-bond donors (Lipinski definition) is 2. The highest BCUT2D eigenvalue weighted by molar-refractivity contribution is 4.94. The minimum absolute atomic E-state index is 0.158. The second kappa shape index (κ2) is 4.36. The van der Waals surface area contributed by atoms with Crippen LogP contribution in [0.2, 0.25) is 0 Å². The SMILES string of the molecule is CC1C(O)C(C(C)(C)C)OC(CN)C1F. The summed E-state index contributed by atoms with van der Waals surface area (Å²) in [5.74, 6) is -0.420. The van der Waals surface area contributed by atoms with E-state index in [0.717, 1.165) is 0 Å². The van der Waals surface area contributed by atoms with Gasteiger partial charge in [0.1, 0.15) is 12.3 Å². The van der Waals surface area contributed by atoms with Gasteiger partial charge in [-0.1, -0.05) is 27.7 Å². The molecule has 5 atom stereocenters. The molecule has 0 aromatic rings. The molecule has 90 valence electrons. The Hall–Kier alpha value is -0.190. The van der Waals surface area contributed by atoms with Crippen molar-refractivity contribution >= 4 is 0 Å². The van der Waals surface area contributed by atoms with Crippen LogP contribution in [0.3, 0.4) is 0 Å². The van der Waals surface area contributed by atoms with Gasteiger partial charge in [-0.2, -0.15) is 0 Å². The first-order chi connectivity index (χ1) is 6.79. The molecule has 0 aliphatic carbocycles. The van der Waals surface area contributed by atoms with E-state index in [2.05, 4.69) is 0 Å². The Balaban J connectivity index is 2.83. The van der Waals surface area contributed by atoms with Crippen LogP contribution in [-0.2, 0) is 4.74 Å². The van der Waals surface area contributed by atoms with Crippen LogP contribution < -0.4 is 5.73 Å². The molecule has 1 rings (SSSR count). The van der Waals surface area contributed by atoms with Crippen LogP contribution in [0.4, 0.5) is 4.39 Å². The van der Waals surface area contributed by atoms with E-state index < -0.39 is 24.3 Å². The van der Waals surface area contributed by atoms with Crippen molar-refractivity contribution in [2.75, 3.05) is 6.54 Å². The molecule has 1 heterocycles. The highest BCUT2D eigenvalue weighted by Crippen LogP contribution is 2.36. The van der Waals surface area contributed by atoms with Gasteiger partial charge in [-0.3, -0.25) is 0 Å². The molecule has 0 spiro atoms. The van der Waals surface area contributed by atoms with Crippen LogP contribution in [-0.4, -0.2) is 36.1 Å². The van der Waals surface area contributed by atoms with Gasteiger partial charge in [-0.05, 0) is 5.41 Å². The number of aliphatic hydroxyl groups excluding tert-OH is 1. The van der Waals surface area contributed by atoms with Crippen molar-refractivity contribution < 1.29 is 14.2 Å². The Labute approximate surface area is 90.8 Å². The molecule has 3 nitrogen and oxygen atoms in total. The molecule has 4 heteroatoms. The summed E-state index contributed by atoms with van der Waals surface area (Å²) in [4.78, 5) is 0. The van der Waals surface area contributed by atoms with Crippen molar-refractivity contribution in [2.24, 2.45) is 17.1 Å². The fraction of sp³-hybridized carbons (Fsp3) is 1.00. The number of hydrogen-bond acceptors (Lipinski definition) is 3. The van der Waals surface area contributed by atoms with Crippen molar-refractivity contribution in [3.63, 3.8) is 0 Å². The second-order valence-corrected chi connectivity index (χ2v) is 5.49. The Morgan fingerprint density at radius 2 is 1.93 bits per heavy atom. The van der Waals surface area contributed by atoms with E-state index in [1.807, 2.05) is 20.8 Å². The molecule has 0 radical (unpaired) electrons. The van der Waals surface area contributed by atoms with Gasteiger partial charge in [0.2, 0.25) is 0 Å². The summed E-state index contributed by atoms with van der Waals surface area (Å²) >= 11 is 0.